The Kier molecular flexibility index (Phi) is 8.01. The molecule has 252 valence electrons. The molecule has 2 aromatic heterocycles. The molecule has 4 aliphatic rings. The summed E-state index contributed by atoms with van der Waals surface area (Å²) in [6.07, 6.45) is 9.70. The zero-order valence-electron chi connectivity index (χ0n) is 28.6. The first-order valence-corrected chi connectivity index (χ1v) is 17.9. The van der Waals surface area contributed by atoms with Crippen LogP contribution in [0.3, 0.4) is 0 Å². The smallest absolute Gasteiger partial charge is 0.319 e. The number of aromatic nitrogens is 4. The van der Waals surface area contributed by atoms with Gasteiger partial charge in [-0.1, -0.05) is 19.6 Å². The van der Waals surface area contributed by atoms with Crippen molar-refractivity contribution in [1.82, 2.24) is 30.0 Å². The van der Waals surface area contributed by atoms with Crippen molar-refractivity contribution in [3.05, 3.63) is 48.2 Å². The number of aryl methyl sites for hydroxylation is 1. The Morgan fingerprint density at radius 1 is 1.04 bits per heavy atom. The second-order valence-corrected chi connectivity index (χ2v) is 14.3. The summed E-state index contributed by atoms with van der Waals surface area (Å²) >= 11 is 0. The van der Waals surface area contributed by atoms with Crippen LogP contribution in [0.4, 0.5) is 5.82 Å². The molecule has 4 fully saturated rings. The lowest BCUT2D eigenvalue weighted by atomic mass is 9.72. The zero-order chi connectivity index (χ0) is 33.0. The van der Waals surface area contributed by atoms with Crippen molar-refractivity contribution in [3.63, 3.8) is 0 Å². The number of aromatic amines is 1. The Morgan fingerprint density at radius 2 is 1.81 bits per heavy atom. The number of piperidine rings is 2. The quantitative estimate of drug-likeness (QED) is 0.213. The van der Waals surface area contributed by atoms with Crippen molar-refractivity contribution < 1.29 is 14.3 Å². The van der Waals surface area contributed by atoms with Gasteiger partial charge in [-0.25, -0.2) is 0 Å². The standard InChI is InChI=1S/C38H47N7O3/c1-5-31(46)45-22-38(23-45)14-18-44(19-15-38)36-28-20-27(25-9-10-25)33(32-24(4)8-11-30-29(32)21-39-42-30)35(47-7-3)34(28)40-37(41-36)48-26-12-16-43(6-2)17-13-26/h5,8,11,20-21,25-26H,1,6-7,9-10,12-19,22-23H2,2-4H3,(H,39,42). The fourth-order valence-electron chi connectivity index (χ4n) is 8.28. The predicted molar refractivity (Wildman–Crippen MR) is 189 cm³/mol. The van der Waals surface area contributed by atoms with Gasteiger partial charge in [-0.05, 0) is 99.7 Å². The van der Waals surface area contributed by atoms with E-state index in [2.05, 4.69) is 65.5 Å². The maximum Gasteiger partial charge on any atom is 0.319 e. The summed E-state index contributed by atoms with van der Waals surface area (Å²) in [5, 5.41) is 9.72. The van der Waals surface area contributed by atoms with Gasteiger partial charge in [0.1, 0.15) is 17.4 Å². The van der Waals surface area contributed by atoms with Crippen molar-refractivity contribution in [3.8, 4) is 22.9 Å². The average Bonchev–Trinajstić information content (AvgIpc) is 3.83. The number of hydrogen-bond acceptors (Lipinski definition) is 8. The highest BCUT2D eigenvalue weighted by Crippen LogP contribution is 2.53. The monoisotopic (exact) mass is 649 g/mol. The molecule has 10 nitrogen and oxygen atoms in total. The lowest BCUT2D eigenvalue weighted by Crippen LogP contribution is -2.61. The van der Waals surface area contributed by atoms with Crippen LogP contribution in [0.2, 0.25) is 0 Å². The molecule has 0 unspecified atom stereocenters. The number of amides is 1. The molecule has 2 aromatic carbocycles. The molecule has 48 heavy (non-hydrogen) atoms. The number of H-pyrrole nitrogens is 1. The van der Waals surface area contributed by atoms with Crippen LogP contribution in [0.1, 0.15) is 69.4 Å². The molecule has 0 atom stereocenters. The molecule has 3 saturated heterocycles. The van der Waals surface area contributed by atoms with Crippen LogP contribution < -0.4 is 14.4 Å². The Balaban J connectivity index is 1.25. The number of ether oxygens (including phenoxy) is 2. The van der Waals surface area contributed by atoms with E-state index in [1.807, 2.05) is 11.1 Å². The number of nitrogens with zero attached hydrogens (tertiary/aromatic N) is 6. The van der Waals surface area contributed by atoms with Gasteiger partial charge in [0.25, 0.3) is 0 Å². The largest absolute Gasteiger partial charge is 0.491 e. The van der Waals surface area contributed by atoms with E-state index < -0.39 is 0 Å². The molecule has 1 spiro atoms. The number of fused-ring (bicyclic) bond motifs is 2. The first kappa shape index (κ1) is 31.1. The van der Waals surface area contributed by atoms with E-state index in [4.69, 9.17) is 19.4 Å². The molecule has 1 amide bonds. The highest BCUT2D eigenvalue weighted by atomic mass is 16.5. The molecule has 5 heterocycles. The summed E-state index contributed by atoms with van der Waals surface area (Å²) < 4.78 is 13.3. The maximum atomic E-state index is 12.2. The number of hydrogen-bond donors (Lipinski definition) is 1. The van der Waals surface area contributed by atoms with Crippen LogP contribution in [-0.2, 0) is 4.79 Å². The number of likely N-dealkylation sites (tertiary alicyclic amines) is 2. The van der Waals surface area contributed by atoms with Gasteiger partial charge < -0.3 is 24.2 Å². The van der Waals surface area contributed by atoms with Crippen LogP contribution in [0.25, 0.3) is 32.9 Å². The third-order valence-corrected chi connectivity index (χ3v) is 11.2. The van der Waals surface area contributed by atoms with Gasteiger partial charge >= 0.3 is 6.01 Å². The third kappa shape index (κ3) is 5.47. The minimum absolute atomic E-state index is 0.0321. The minimum Gasteiger partial charge on any atom is -0.491 e. The van der Waals surface area contributed by atoms with Crippen molar-refractivity contribution in [2.45, 2.75) is 71.3 Å². The van der Waals surface area contributed by atoms with Gasteiger partial charge in [0, 0.05) is 61.0 Å². The van der Waals surface area contributed by atoms with Crippen LogP contribution in [0.15, 0.2) is 37.1 Å². The molecule has 1 aliphatic carbocycles. The molecule has 1 saturated carbocycles. The Hall–Kier alpha value is -4.18. The van der Waals surface area contributed by atoms with Crippen LogP contribution in [0, 0.1) is 12.3 Å². The van der Waals surface area contributed by atoms with Gasteiger partial charge in [-0.2, -0.15) is 15.1 Å². The van der Waals surface area contributed by atoms with Crippen LogP contribution in [0.5, 0.6) is 11.8 Å². The molecule has 0 radical (unpaired) electrons. The van der Waals surface area contributed by atoms with Crippen molar-refractivity contribution in [2.75, 3.05) is 57.3 Å². The topological polar surface area (TPSA) is 99.7 Å². The van der Waals surface area contributed by atoms with Crippen LogP contribution >= 0.6 is 0 Å². The zero-order valence-corrected chi connectivity index (χ0v) is 28.6. The fraction of sp³-hybridized carbons (Fsp3) is 0.526. The highest BCUT2D eigenvalue weighted by molar-refractivity contribution is 6.06. The second kappa shape index (κ2) is 12.4. The number of rotatable bonds is 9. The molecule has 1 N–H and O–H groups in total. The van der Waals surface area contributed by atoms with Crippen molar-refractivity contribution in [1.29, 1.82) is 0 Å². The van der Waals surface area contributed by atoms with Gasteiger partial charge in [0.05, 0.1) is 18.3 Å². The van der Waals surface area contributed by atoms with E-state index in [9.17, 15) is 4.79 Å². The third-order valence-electron chi connectivity index (χ3n) is 11.2. The Labute approximate surface area is 282 Å². The summed E-state index contributed by atoms with van der Waals surface area (Å²) in [6.45, 7) is 17.1. The fourth-order valence-corrected chi connectivity index (χ4v) is 8.28. The molecule has 0 bridgehead atoms. The van der Waals surface area contributed by atoms with E-state index in [1.54, 1.807) is 0 Å². The van der Waals surface area contributed by atoms with E-state index in [1.165, 1.54) is 17.2 Å². The summed E-state index contributed by atoms with van der Waals surface area (Å²) in [6, 6.07) is 7.07. The molecular formula is C38H47N7O3. The predicted octanol–water partition coefficient (Wildman–Crippen LogP) is 6.24. The van der Waals surface area contributed by atoms with Crippen molar-refractivity contribution >= 4 is 33.5 Å². The second-order valence-electron chi connectivity index (χ2n) is 14.3. The van der Waals surface area contributed by atoms with E-state index in [0.717, 1.165) is 129 Å². The first-order chi connectivity index (χ1) is 23.4. The normalized spacial score (nSPS) is 20.0. The molecule has 4 aromatic rings. The van der Waals surface area contributed by atoms with Gasteiger partial charge in [0.15, 0.2) is 5.75 Å². The van der Waals surface area contributed by atoms with Crippen molar-refractivity contribution in [2.24, 2.45) is 5.41 Å². The van der Waals surface area contributed by atoms with Crippen LogP contribution in [-0.4, -0.2) is 94.4 Å². The number of benzene rings is 2. The van der Waals surface area contributed by atoms with E-state index in [-0.39, 0.29) is 17.4 Å². The number of carbonyl (C=O) groups is 1. The Bertz CT molecular complexity index is 1860. The number of carbonyl (C=O) groups excluding carboxylic acids is 1. The molecule has 10 heteroatoms. The molecular weight excluding hydrogens is 602 g/mol. The van der Waals surface area contributed by atoms with Gasteiger partial charge in [0.2, 0.25) is 5.91 Å². The Morgan fingerprint density at radius 3 is 2.50 bits per heavy atom. The molecule has 3 aliphatic heterocycles. The highest BCUT2D eigenvalue weighted by Gasteiger charge is 2.46. The minimum atomic E-state index is 0.0321. The summed E-state index contributed by atoms with van der Waals surface area (Å²) in [5.41, 5.74) is 6.78. The molecule has 8 rings (SSSR count). The van der Waals surface area contributed by atoms with Gasteiger partial charge in [-0.15, -0.1) is 0 Å². The lowest BCUT2D eigenvalue weighted by Gasteiger charge is -2.54. The maximum absolute atomic E-state index is 12.2. The van der Waals surface area contributed by atoms with E-state index >= 15 is 0 Å². The summed E-state index contributed by atoms with van der Waals surface area (Å²) in [5.74, 6) is 2.24. The van der Waals surface area contributed by atoms with E-state index in [0.29, 0.717) is 18.5 Å². The average molecular weight is 650 g/mol. The SMILES string of the molecule is C=CC(=O)N1CC2(CCN(c3nc(OC4CCN(CC)CC4)nc4c(OCC)c(-c5c(C)ccc6[nH]ncc56)c(C5CC5)cc34)CC2)C1. The lowest BCUT2D eigenvalue weighted by molar-refractivity contribution is -0.139. The number of anilines is 1. The number of nitrogens with one attached hydrogen (secondary N) is 1. The van der Waals surface area contributed by atoms with Gasteiger partial charge in [-0.3, -0.25) is 9.89 Å². The first-order valence-electron chi connectivity index (χ1n) is 17.9. The summed E-state index contributed by atoms with van der Waals surface area (Å²) in [4.78, 5) is 29.5. The summed E-state index contributed by atoms with van der Waals surface area (Å²) in [7, 11) is 0.